The third kappa shape index (κ3) is 11.3. The molecule has 0 spiro atoms. The van der Waals surface area contributed by atoms with Gasteiger partial charge in [-0.2, -0.15) is 4.90 Å². The van der Waals surface area contributed by atoms with Gasteiger partial charge in [-0.3, -0.25) is 4.79 Å². The molecular formula is C41H51N5O9S. The van der Waals surface area contributed by atoms with Crippen LogP contribution in [0.3, 0.4) is 0 Å². The number of carbonyl (C=O) groups is 4. The van der Waals surface area contributed by atoms with E-state index in [4.69, 9.17) is 15.2 Å². The Kier molecular flexibility index (Phi) is 13.5. The maximum atomic E-state index is 13.3. The van der Waals surface area contributed by atoms with E-state index in [1.54, 1.807) is 97.0 Å². The van der Waals surface area contributed by atoms with Crippen molar-refractivity contribution in [1.29, 1.82) is 0 Å². The summed E-state index contributed by atoms with van der Waals surface area (Å²) in [6.45, 7) is 13.5. The first kappa shape index (κ1) is 43.2. The van der Waals surface area contributed by atoms with Crippen molar-refractivity contribution in [3.8, 4) is 0 Å². The average Bonchev–Trinajstić information content (AvgIpc) is 3.09. The number of ether oxygens (including phenoxy) is 2. The number of nitrogens with one attached hydrogen (secondary N) is 2. The molecule has 1 atom stereocenters. The normalized spacial score (nSPS) is 12.4. The molecule has 0 saturated heterocycles. The molecule has 1 heterocycles. The number of nitrogens with zero attached hydrogens (tertiary/aromatic N) is 2. The fourth-order valence-electron chi connectivity index (χ4n) is 5.86. The summed E-state index contributed by atoms with van der Waals surface area (Å²) >= 11 is 0. The zero-order valence-electron chi connectivity index (χ0n) is 33.1. The molecule has 0 saturated carbocycles. The Bertz CT molecular complexity index is 2200. The van der Waals surface area contributed by atoms with E-state index in [9.17, 15) is 32.7 Å². The van der Waals surface area contributed by atoms with E-state index in [0.717, 1.165) is 16.0 Å². The largest absolute Gasteiger partial charge is 0.479 e. The van der Waals surface area contributed by atoms with Crippen molar-refractivity contribution in [3.63, 3.8) is 0 Å². The number of nitrogens with two attached hydrogens (primary N) is 1. The highest BCUT2D eigenvalue weighted by Crippen LogP contribution is 2.32. The summed E-state index contributed by atoms with van der Waals surface area (Å²) in [5.41, 5.74) is 7.65. The molecule has 0 aliphatic heterocycles. The summed E-state index contributed by atoms with van der Waals surface area (Å²) in [7, 11) is -3.45. The number of amides is 3. The number of sulfone groups is 1. The second-order valence-electron chi connectivity index (χ2n) is 15.3. The topological polar surface area (TPSA) is 207 Å². The minimum Gasteiger partial charge on any atom is -0.479 e. The predicted octanol–water partition coefficient (Wildman–Crippen LogP) is 7.67. The van der Waals surface area contributed by atoms with E-state index in [0.29, 0.717) is 46.1 Å². The Morgan fingerprint density at radius 2 is 1.52 bits per heavy atom. The van der Waals surface area contributed by atoms with Crippen LogP contribution in [0.2, 0.25) is 0 Å². The van der Waals surface area contributed by atoms with Crippen LogP contribution in [0.1, 0.15) is 89.6 Å². The van der Waals surface area contributed by atoms with Crippen molar-refractivity contribution in [2.24, 2.45) is 5.73 Å². The number of hydrogen-bond donors (Lipinski definition) is 4. The van der Waals surface area contributed by atoms with Gasteiger partial charge in [0.2, 0.25) is 5.91 Å². The molecule has 1 unspecified atom stereocenters. The molecule has 4 aromatic rings. The first-order valence-electron chi connectivity index (χ1n) is 18.2. The van der Waals surface area contributed by atoms with Crippen molar-refractivity contribution < 1.29 is 42.2 Å². The van der Waals surface area contributed by atoms with Gasteiger partial charge >= 0.3 is 18.2 Å². The van der Waals surface area contributed by atoms with Crippen LogP contribution >= 0.6 is 0 Å². The molecule has 56 heavy (non-hydrogen) atoms. The number of carboxylic acids is 1. The summed E-state index contributed by atoms with van der Waals surface area (Å²) in [6, 6.07) is 15.5. The van der Waals surface area contributed by atoms with Crippen molar-refractivity contribution in [1.82, 2.24) is 4.98 Å². The molecule has 4 rings (SSSR count). The smallest absolute Gasteiger partial charge is 0.425 e. The lowest BCUT2D eigenvalue weighted by Gasteiger charge is -2.28. The van der Waals surface area contributed by atoms with Gasteiger partial charge in [0.15, 0.2) is 21.7 Å². The Labute approximate surface area is 327 Å². The Morgan fingerprint density at radius 1 is 0.875 bits per heavy atom. The number of aromatic nitrogens is 1. The molecule has 15 heteroatoms. The fraction of sp³-hybridized carbons (Fsp3) is 0.390. The second-order valence-corrected chi connectivity index (χ2v) is 17.5. The molecule has 0 bridgehead atoms. The number of anilines is 3. The summed E-state index contributed by atoms with van der Waals surface area (Å²) in [6.07, 6.45) is 0.804. The average molecular weight is 790 g/mol. The molecule has 0 fully saturated rings. The SMILES string of the molecule is CCS(=O)(=O)c1ccc(NC(=O)CCCc2ccc(C(Nc3ccc4c(N(C(=O)OC(C)(C)C)C(=O)OC(C)(C)C)nccc4c3)C(=O)O)cc2C)cc1CN. The van der Waals surface area contributed by atoms with Gasteiger partial charge in [-0.05, 0) is 131 Å². The first-order chi connectivity index (χ1) is 26.1. The van der Waals surface area contributed by atoms with Crippen molar-refractivity contribution in [2.45, 2.75) is 103 Å². The molecule has 0 aliphatic rings. The molecule has 300 valence electrons. The molecule has 0 aliphatic carbocycles. The number of aliphatic carboxylic acids is 1. The molecule has 0 radical (unpaired) electrons. The molecule has 1 aromatic heterocycles. The number of rotatable bonds is 13. The minimum atomic E-state index is -3.45. The summed E-state index contributed by atoms with van der Waals surface area (Å²) < 4.78 is 35.7. The van der Waals surface area contributed by atoms with Crippen LogP contribution in [0.25, 0.3) is 10.8 Å². The van der Waals surface area contributed by atoms with Gasteiger partial charge in [-0.15, -0.1) is 0 Å². The Balaban J connectivity index is 1.48. The van der Waals surface area contributed by atoms with Crippen molar-refractivity contribution >= 4 is 61.9 Å². The van der Waals surface area contributed by atoms with Gasteiger partial charge in [0.25, 0.3) is 0 Å². The van der Waals surface area contributed by atoms with Crippen LogP contribution in [-0.4, -0.2) is 59.5 Å². The number of pyridine rings is 1. The van der Waals surface area contributed by atoms with E-state index in [1.807, 2.05) is 13.0 Å². The van der Waals surface area contributed by atoms with E-state index in [-0.39, 0.29) is 35.3 Å². The van der Waals surface area contributed by atoms with Gasteiger partial charge in [0.1, 0.15) is 11.2 Å². The van der Waals surface area contributed by atoms with Crippen LogP contribution in [0.4, 0.5) is 26.8 Å². The maximum absolute atomic E-state index is 13.3. The first-order valence-corrected chi connectivity index (χ1v) is 19.9. The fourth-order valence-corrected chi connectivity index (χ4v) is 6.99. The molecular weight excluding hydrogens is 739 g/mol. The number of fused-ring (bicyclic) bond motifs is 1. The number of hydrogen-bond acceptors (Lipinski definition) is 11. The highest BCUT2D eigenvalue weighted by molar-refractivity contribution is 7.91. The van der Waals surface area contributed by atoms with Crippen LogP contribution in [0.5, 0.6) is 0 Å². The van der Waals surface area contributed by atoms with Gasteiger partial charge in [-0.25, -0.2) is 27.8 Å². The van der Waals surface area contributed by atoms with E-state index < -0.39 is 45.2 Å². The monoisotopic (exact) mass is 789 g/mol. The lowest BCUT2D eigenvalue weighted by atomic mass is 9.97. The lowest BCUT2D eigenvalue weighted by Crippen LogP contribution is -2.44. The quantitative estimate of drug-likeness (QED) is 0.103. The zero-order valence-corrected chi connectivity index (χ0v) is 33.9. The minimum absolute atomic E-state index is 0.00421. The molecule has 3 amide bonds. The standard InChI is InChI=1S/C41H51N5O9S/c1-9-56(52,53)33-18-16-30(23-29(33)24-42)44-34(47)12-10-11-26-13-14-28(21-25(26)2)35(37(48)49)45-31-15-17-32-27(22-31)19-20-43-36(32)46(38(50)54-40(3,4)5)39(51)55-41(6,7)8/h13-23,35,45H,9-12,24,42H2,1-8H3,(H,44,47)(H,48,49). The van der Waals surface area contributed by atoms with Crippen LogP contribution in [0, 0.1) is 6.92 Å². The van der Waals surface area contributed by atoms with E-state index in [2.05, 4.69) is 15.6 Å². The number of aryl methyl sites for hydroxylation is 2. The summed E-state index contributed by atoms with van der Waals surface area (Å²) in [4.78, 5) is 57.1. The number of carboxylic acid groups (broad SMARTS) is 1. The highest BCUT2D eigenvalue weighted by Gasteiger charge is 2.34. The zero-order chi connectivity index (χ0) is 41.6. The summed E-state index contributed by atoms with van der Waals surface area (Å²) in [5, 5.41) is 17.1. The van der Waals surface area contributed by atoms with Crippen LogP contribution in [0.15, 0.2) is 71.8 Å². The van der Waals surface area contributed by atoms with Crippen LogP contribution < -0.4 is 21.3 Å². The van der Waals surface area contributed by atoms with Gasteiger partial charge in [0.05, 0.1) is 10.6 Å². The molecule has 14 nitrogen and oxygen atoms in total. The number of benzene rings is 3. The third-order valence-electron chi connectivity index (χ3n) is 8.49. The Morgan fingerprint density at radius 3 is 2.09 bits per heavy atom. The highest BCUT2D eigenvalue weighted by atomic mass is 32.2. The maximum Gasteiger partial charge on any atom is 0.425 e. The molecule has 3 aromatic carbocycles. The van der Waals surface area contributed by atoms with Gasteiger partial charge < -0.3 is 30.9 Å². The predicted molar refractivity (Wildman–Crippen MR) is 215 cm³/mol. The van der Waals surface area contributed by atoms with E-state index in [1.165, 1.54) is 12.3 Å². The number of carbonyl (C=O) groups excluding carboxylic acids is 3. The van der Waals surface area contributed by atoms with Gasteiger partial charge in [0, 0.05) is 35.9 Å². The third-order valence-corrected chi connectivity index (χ3v) is 10.3. The summed E-state index contributed by atoms with van der Waals surface area (Å²) in [5.74, 6) is -1.40. The number of imide groups is 1. The molecule has 5 N–H and O–H groups in total. The van der Waals surface area contributed by atoms with Crippen LogP contribution in [-0.2, 0) is 41.9 Å². The Hall–Kier alpha value is -5.54. The lowest BCUT2D eigenvalue weighted by molar-refractivity contribution is -0.138. The van der Waals surface area contributed by atoms with E-state index >= 15 is 0 Å². The van der Waals surface area contributed by atoms with Crippen molar-refractivity contribution in [3.05, 3.63) is 89.1 Å². The van der Waals surface area contributed by atoms with Crippen molar-refractivity contribution in [2.75, 3.05) is 21.3 Å². The van der Waals surface area contributed by atoms with Gasteiger partial charge in [-0.1, -0.05) is 25.1 Å². The second kappa shape index (κ2) is 17.5.